The van der Waals surface area contributed by atoms with Crippen molar-refractivity contribution in [2.24, 2.45) is 5.92 Å². The third kappa shape index (κ3) is 4.58. The molecule has 6 heteroatoms. The number of hydrogen-bond donors (Lipinski definition) is 0. The number of fused-ring (bicyclic) bond motifs is 2. The van der Waals surface area contributed by atoms with Crippen molar-refractivity contribution >= 4 is 28.4 Å². The highest BCUT2D eigenvalue weighted by Crippen LogP contribution is 2.42. The molecule has 0 spiro atoms. The molecular formula is C27H37N3O3. The van der Waals surface area contributed by atoms with E-state index < -0.39 is 5.60 Å². The number of ether oxygens (including phenoxy) is 1. The monoisotopic (exact) mass is 451 g/mol. The van der Waals surface area contributed by atoms with Crippen LogP contribution in [0.25, 0.3) is 16.5 Å². The van der Waals surface area contributed by atoms with Crippen LogP contribution in [0.2, 0.25) is 0 Å². The van der Waals surface area contributed by atoms with Crippen LogP contribution in [0.15, 0.2) is 30.5 Å². The van der Waals surface area contributed by atoms with Gasteiger partial charge < -0.3 is 14.2 Å². The molecule has 1 amide bonds. The number of amides is 1. The van der Waals surface area contributed by atoms with E-state index >= 15 is 0 Å². The highest BCUT2D eigenvalue weighted by atomic mass is 16.6. The number of benzene rings is 1. The normalized spacial score (nSPS) is 20.4. The van der Waals surface area contributed by atoms with Gasteiger partial charge in [0, 0.05) is 49.3 Å². The third-order valence-corrected chi connectivity index (χ3v) is 6.83. The second-order valence-corrected chi connectivity index (χ2v) is 10.3. The summed E-state index contributed by atoms with van der Waals surface area (Å²) in [6.07, 6.45) is 5.69. The molecule has 4 rings (SSSR count). The molecule has 1 aliphatic carbocycles. The van der Waals surface area contributed by atoms with E-state index in [-0.39, 0.29) is 23.8 Å². The fraction of sp³-hybridized carbons (Fsp3) is 0.556. The molecule has 0 bridgehead atoms. The summed E-state index contributed by atoms with van der Waals surface area (Å²) in [5.74, 6) is -0.0799. The number of aromatic nitrogens is 1. The predicted molar refractivity (Wildman–Crippen MR) is 132 cm³/mol. The number of carbonyl (C=O) groups is 2. The van der Waals surface area contributed by atoms with E-state index in [1.165, 1.54) is 22.1 Å². The van der Waals surface area contributed by atoms with Crippen molar-refractivity contribution in [3.8, 4) is 0 Å². The van der Waals surface area contributed by atoms with Gasteiger partial charge in [0.2, 0.25) is 5.91 Å². The average molecular weight is 452 g/mol. The van der Waals surface area contributed by atoms with Crippen molar-refractivity contribution in [3.63, 3.8) is 0 Å². The van der Waals surface area contributed by atoms with Crippen LogP contribution in [0.5, 0.6) is 0 Å². The zero-order valence-corrected chi connectivity index (χ0v) is 20.9. The summed E-state index contributed by atoms with van der Waals surface area (Å²) in [5, 5.41) is 1.26. The molecule has 0 N–H and O–H groups in total. The van der Waals surface area contributed by atoms with Gasteiger partial charge in [0.1, 0.15) is 5.60 Å². The van der Waals surface area contributed by atoms with E-state index in [9.17, 15) is 9.59 Å². The van der Waals surface area contributed by atoms with Crippen molar-refractivity contribution in [2.45, 2.75) is 65.6 Å². The van der Waals surface area contributed by atoms with Gasteiger partial charge in [0.25, 0.3) is 0 Å². The van der Waals surface area contributed by atoms with Gasteiger partial charge in [-0.1, -0.05) is 18.2 Å². The maximum Gasteiger partial charge on any atom is 0.308 e. The zero-order valence-electron chi connectivity index (χ0n) is 20.9. The van der Waals surface area contributed by atoms with Crippen molar-refractivity contribution < 1.29 is 14.3 Å². The van der Waals surface area contributed by atoms with E-state index in [2.05, 4.69) is 47.0 Å². The molecule has 0 unspecified atom stereocenters. The van der Waals surface area contributed by atoms with Gasteiger partial charge >= 0.3 is 5.97 Å². The molecule has 33 heavy (non-hydrogen) atoms. The van der Waals surface area contributed by atoms with Crippen molar-refractivity contribution in [1.82, 2.24) is 14.4 Å². The van der Waals surface area contributed by atoms with Gasteiger partial charge in [-0.3, -0.25) is 14.5 Å². The van der Waals surface area contributed by atoms with E-state index in [0.29, 0.717) is 13.0 Å². The lowest BCUT2D eigenvalue weighted by molar-refractivity contribution is -0.155. The van der Waals surface area contributed by atoms with E-state index in [0.717, 1.165) is 31.6 Å². The second-order valence-electron chi connectivity index (χ2n) is 10.3. The maximum absolute atomic E-state index is 13.1. The molecule has 1 aromatic carbocycles. The number of esters is 1. The molecular weight excluding hydrogens is 414 g/mol. The number of hydrogen-bond acceptors (Lipinski definition) is 4. The Bertz CT molecular complexity index is 1090. The number of aryl methyl sites for hydroxylation is 1. The summed E-state index contributed by atoms with van der Waals surface area (Å²) in [5.41, 5.74) is 4.47. The Balaban J connectivity index is 1.66. The fourth-order valence-electron chi connectivity index (χ4n) is 5.34. The maximum atomic E-state index is 13.1. The molecule has 2 aliphatic rings. The summed E-state index contributed by atoms with van der Waals surface area (Å²) in [6, 6.07) is 6.67. The molecule has 178 valence electrons. The first-order valence-electron chi connectivity index (χ1n) is 12.2. The van der Waals surface area contributed by atoms with Gasteiger partial charge in [-0.05, 0) is 70.9 Å². The first-order valence-corrected chi connectivity index (χ1v) is 12.2. The number of carbonyl (C=O) groups excluding carboxylic acids is 2. The summed E-state index contributed by atoms with van der Waals surface area (Å²) in [7, 11) is 2.13. The minimum absolute atomic E-state index is 0.118. The summed E-state index contributed by atoms with van der Waals surface area (Å²) in [4.78, 5) is 29.7. The zero-order chi connectivity index (χ0) is 23.9. The van der Waals surface area contributed by atoms with Crippen LogP contribution in [-0.4, -0.2) is 64.6 Å². The van der Waals surface area contributed by atoms with Crippen molar-refractivity contribution in [1.29, 1.82) is 0 Å². The molecule has 0 radical (unpaired) electrons. The SMILES string of the molecule is CCN(CC)C(=O)[C@@H]1C=C2c3cccc4c3c(cn4CCC(=O)OC(C)(C)C)C[C@H]2N(C)C1. The Morgan fingerprint density at radius 3 is 2.58 bits per heavy atom. The van der Waals surface area contributed by atoms with Gasteiger partial charge in [-0.25, -0.2) is 0 Å². The van der Waals surface area contributed by atoms with Gasteiger partial charge in [-0.2, -0.15) is 0 Å². The Morgan fingerprint density at radius 2 is 1.91 bits per heavy atom. The third-order valence-electron chi connectivity index (χ3n) is 6.83. The Kier molecular flexibility index (Phi) is 6.41. The highest BCUT2D eigenvalue weighted by Gasteiger charge is 2.36. The van der Waals surface area contributed by atoms with Crippen molar-refractivity contribution in [2.75, 3.05) is 26.7 Å². The predicted octanol–water partition coefficient (Wildman–Crippen LogP) is 4.11. The first-order chi connectivity index (χ1) is 15.6. The molecule has 1 aromatic heterocycles. The number of likely N-dealkylation sites (N-methyl/N-ethyl adjacent to an activating group) is 1. The smallest absolute Gasteiger partial charge is 0.308 e. The van der Waals surface area contributed by atoms with Crippen LogP contribution in [0, 0.1) is 5.92 Å². The molecule has 0 saturated heterocycles. The topological polar surface area (TPSA) is 54.8 Å². The van der Waals surface area contributed by atoms with Crippen LogP contribution in [0.3, 0.4) is 0 Å². The van der Waals surface area contributed by atoms with Crippen LogP contribution in [0.4, 0.5) is 0 Å². The molecule has 0 fully saturated rings. The van der Waals surface area contributed by atoms with E-state index in [4.69, 9.17) is 4.74 Å². The lowest BCUT2D eigenvalue weighted by Gasteiger charge is -2.40. The highest BCUT2D eigenvalue weighted by molar-refractivity contribution is 5.99. The largest absolute Gasteiger partial charge is 0.460 e. The van der Waals surface area contributed by atoms with Gasteiger partial charge in [0.05, 0.1) is 12.3 Å². The Morgan fingerprint density at radius 1 is 1.18 bits per heavy atom. The molecule has 0 saturated carbocycles. The van der Waals surface area contributed by atoms with Gasteiger partial charge in [0.15, 0.2) is 0 Å². The molecule has 6 nitrogen and oxygen atoms in total. The fourth-order valence-corrected chi connectivity index (χ4v) is 5.34. The van der Waals surface area contributed by atoms with Crippen molar-refractivity contribution in [3.05, 3.63) is 41.6 Å². The number of rotatable bonds is 6. The second kappa shape index (κ2) is 8.98. The standard InChI is InChI=1S/C27H37N3O3/c1-7-29(8-2)26(32)19-14-21-20-10-9-11-22-25(20)18(15-23(21)28(6)16-19)17-30(22)13-12-24(31)33-27(3,4)5/h9-11,14,17,19,23H,7-8,12-13,15-16H2,1-6H3/t19-,23-/m1/s1. The average Bonchev–Trinajstić information content (AvgIpc) is 3.11. The summed E-state index contributed by atoms with van der Waals surface area (Å²) >= 11 is 0. The van der Waals surface area contributed by atoms with Gasteiger partial charge in [-0.15, -0.1) is 0 Å². The van der Waals surface area contributed by atoms with E-state index in [1.54, 1.807) is 0 Å². The Hall–Kier alpha value is -2.60. The molecule has 2 atom stereocenters. The lowest BCUT2D eigenvalue weighted by Crippen LogP contribution is -2.47. The minimum atomic E-state index is -0.469. The molecule has 2 heterocycles. The van der Waals surface area contributed by atoms with Crippen LogP contribution >= 0.6 is 0 Å². The van der Waals surface area contributed by atoms with Crippen LogP contribution in [-0.2, 0) is 27.3 Å². The Labute approximate surface area is 197 Å². The summed E-state index contributed by atoms with van der Waals surface area (Å²) < 4.78 is 7.69. The lowest BCUT2D eigenvalue weighted by atomic mass is 9.79. The van der Waals surface area contributed by atoms with Crippen LogP contribution in [0.1, 0.15) is 52.2 Å². The summed E-state index contributed by atoms with van der Waals surface area (Å²) in [6.45, 7) is 12.6. The van der Waals surface area contributed by atoms with E-state index in [1.807, 2.05) is 39.5 Å². The molecule has 1 aliphatic heterocycles. The number of nitrogens with zero attached hydrogens (tertiary/aromatic N) is 3. The quantitative estimate of drug-likeness (QED) is 0.620. The minimum Gasteiger partial charge on any atom is -0.460 e. The first kappa shape index (κ1) is 23.6. The van der Waals surface area contributed by atoms with Crippen LogP contribution < -0.4 is 0 Å². The molecule has 2 aromatic rings.